The first-order valence-electron chi connectivity index (χ1n) is 7.64. The molecular weight excluding hydrogens is 336 g/mol. The number of pyridine rings is 1. The van der Waals surface area contributed by atoms with Gasteiger partial charge in [-0.15, -0.1) is 0 Å². The number of hydrogen-bond donors (Lipinski definition) is 0. The minimum absolute atomic E-state index is 0.0449. The average molecular weight is 354 g/mol. The third-order valence-corrected chi connectivity index (χ3v) is 4.94. The van der Waals surface area contributed by atoms with Crippen molar-refractivity contribution < 1.29 is 13.2 Å². The second kappa shape index (κ2) is 6.64. The highest BCUT2D eigenvalue weighted by Crippen LogP contribution is 2.36. The summed E-state index contributed by atoms with van der Waals surface area (Å²) in [6.07, 6.45) is 1.16. The molecule has 0 atom stereocenters. The van der Waals surface area contributed by atoms with Crippen molar-refractivity contribution in [1.82, 2.24) is 4.98 Å². The molecule has 6 heteroatoms. The Hall–Kier alpha value is -2.73. The molecule has 0 saturated heterocycles. The van der Waals surface area contributed by atoms with Crippen LogP contribution in [-0.4, -0.2) is 33.5 Å². The van der Waals surface area contributed by atoms with Crippen molar-refractivity contribution in [3.8, 4) is 16.9 Å². The molecule has 128 valence electrons. The molecule has 0 amide bonds. The van der Waals surface area contributed by atoms with Crippen molar-refractivity contribution >= 4 is 27.3 Å². The van der Waals surface area contributed by atoms with Crippen LogP contribution in [-0.2, 0) is 16.4 Å². The summed E-state index contributed by atoms with van der Waals surface area (Å²) in [6.45, 7) is 3.75. The maximum absolute atomic E-state index is 12.3. The molecule has 1 heterocycles. The minimum Gasteiger partial charge on any atom is -0.497 e. The standard InChI is InChI=1S/C19H18N2O3S/c1-20-12-17-18(13-7-5-4-6-8-13)16-11-14(24-2)9-10-15(16)19(21-17)25(3,22)23/h4-11H,1,12H2,2-3H3. The van der Waals surface area contributed by atoms with Crippen LogP contribution < -0.4 is 4.74 Å². The van der Waals surface area contributed by atoms with Gasteiger partial charge in [-0.3, -0.25) is 4.99 Å². The second-order valence-electron chi connectivity index (χ2n) is 5.67. The number of ether oxygens (including phenoxy) is 1. The molecule has 0 fully saturated rings. The summed E-state index contributed by atoms with van der Waals surface area (Å²) in [6, 6.07) is 15.0. The van der Waals surface area contributed by atoms with E-state index in [0.717, 1.165) is 22.8 Å². The van der Waals surface area contributed by atoms with Gasteiger partial charge in [0, 0.05) is 17.2 Å². The molecule has 0 saturated carbocycles. The van der Waals surface area contributed by atoms with Crippen molar-refractivity contribution in [2.45, 2.75) is 11.6 Å². The summed E-state index contributed by atoms with van der Waals surface area (Å²) >= 11 is 0. The first kappa shape index (κ1) is 17.1. The molecule has 2 aromatic carbocycles. The van der Waals surface area contributed by atoms with Crippen LogP contribution in [0.2, 0.25) is 0 Å². The molecular formula is C19H18N2O3S. The van der Waals surface area contributed by atoms with E-state index in [4.69, 9.17) is 4.74 Å². The van der Waals surface area contributed by atoms with E-state index in [2.05, 4.69) is 16.7 Å². The Kier molecular flexibility index (Phi) is 4.55. The molecule has 0 aliphatic heterocycles. The highest BCUT2D eigenvalue weighted by atomic mass is 32.2. The van der Waals surface area contributed by atoms with Crippen LogP contribution in [0.3, 0.4) is 0 Å². The van der Waals surface area contributed by atoms with Crippen molar-refractivity contribution in [1.29, 1.82) is 0 Å². The first-order chi connectivity index (χ1) is 12.0. The van der Waals surface area contributed by atoms with Gasteiger partial charge in [-0.25, -0.2) is 13.4 Å². The largest absolute Gasteiger partial charge is 0.497 e. The zero-order chi connectivity index (χ0) is 18.0. The van der Waals surface area contributed by atoms with Crippen molar-refractivity contribution in [2.24, 2.45) is 4.99 Å². The number of benzene rings is 2. The van der Waals surface area contributed by atoms with E-state index in [1.165, 1.54) is 0 Å². The molecule has 0 aliphatic carbocycles. The Morgan fingerprint density at radius 2 is 1.84 bits per heavy atom. The van der Waals surface area contributed by atoms with Crippen LogP contribution in [0.1, 0.15) is 5.69 Å². The third-order valence-electron chi connectivity index (χ3n) is 3.93. The maximum Gasteiger partial charge on any atom is 0.193 e. The summed E-state index contributed by atoms with van der Waals surface area (Å²) in [7, 11) is -1.93. The number of aromatic nitrogens is 1. The Labute approximate surface area is 146 Å². The number of hydrogen-bond acceptors (Lipinski definition) is 5. The van der Waals surface area contributed by atoms with E-state index in [9.17, 15) is 8.42 Å². The fourth-order valence-corrected chi connectivity index (χ4v) is 3.72. The van der Waals surface area contributed by atoms with Crippen molar-refractivity contribution in [3.05, 3.63) is 54.2 Å². The fraction of sp³-hybridized carbons (Fsp3) is 0.158. The Balaban J connectivity index is 2.51. The summed E-state index contributed by atoms with van der Waals surface area (Å²) in [5.74, 6) is 0.646. The lowest BCUT2D eigenvalue weighted by Gasteiger charge is -2.15. The predicted molar refractivity (Wildman–Crippen MR) is 100 cm³/mol. The molecule has 1 aromatic heterocycles. The zero-order valence-electron chi connectivity index (χ0n) is 14.1. The fourth-order valence-electron chi connectivity index (χ4n) is 2.87. The molecule has 0 radical (unpaired) electrons. The van der Waals surface area contributed by atoms with Gasteiger partial charge in [0.2, 0.25) is 0 Å². The number of nitrogens with zero attached hydrogens (tertiary/aromatic N) is 2. The van der Waals surface area contributed by atoms with E-state index in [0.29, 0.717) is 16.8 Å². The third kappa shape index (κ3) is 3.25. The van der Waals surface area contributed by atoms with Crippen LogP contribution in [0.15, 0.2) is 58.5 Å². The van der Waals surface area contributed by atoms with Crippen LogP contribution in [0, 0.1) is 0 Å². The topological polar surface area (TPSA) is 68.6 Å². The molecule has 0 aliphatic rings. The van der Waals surface area contributed by atoms with Gasteiger partial charge < -0.3 is 4.74 Å². The van der Waals surface area contributed by atoms with E-state index >= 15 is 0 Å². The summed E-state index contributed by atoms with van der Waals surface area (Å²) in [4.78, 5) is 8.36. The predicted octanol–water partition coefficient (Wildman–Crippen LogP) is 3.51. The zero-order valence-corrected chi connectivity index (χ0v) is 14.9. The normalized spacial score (nSPS) is 11.4. The Morgan fingerprint density at radius 1 is 1.12 bits per heavy atom. The minimum atomic E-state index is -3.50. The lowest BCUT2D eigenvalue weighted by atomic mass is 9.97. The average Bonchev–Trinajstić information content (AvgIpc) is 2.60. The van der Waals surface area contributed by atoms with Gasteiger partial charge in [-0.1, -0.05) is 30.3 Å². The molecule has 3 aromatic rings. The first-order valence-corrected chi connectivity index (χ1v) is 9.53. The SMILES string of the molecule is C=NCc1nc(S(C)(=O)=O)c2ccc(OC)cc2c1-c1ccccc1. The summed E-state index contributed by atoms with van der Waals surface area (Å²) < 4.78 is 29.9. The lowest BCUT2D eigenvalue weighted by molar-refractivity contribution is 0.415. The van der Waals surface area contributed by atoms with Crippen LogP contribution in [0.25, 0.3) is 21.9 Å². The molecule has 3 rings (SSSR count). The molecule has 0 unspecified atom stereocenters. The number of rotatable bonds is 5. The van der Waals surface area contributed by atoms with Crippen LogP contribution >= 0.6 is 0 Å². The second-order valence-corrected chi connectivity index (χ2v) is 7.60. The molecule has 0 bridgehead atoms. The monoisotopic (exact) mass is 354 g/mol. The van der Waals surface area contributed by atoms with Gasteiger partial charge in [0.05, 0.1) is 19.3 Å². The van der Waals surface area contributed by atoms with Crippen molar-refractivity contribution in [2.75, 3.05) is 13.4 Å². The van der Waals surface area contributed by atoms with Crippen LogP contribution in [0.4, 0.5) is 0 Å². The number of aliphatic imine (C=N–C) groups is 1. The highest BCUT2D eigenvalue weighted by Gasteiger charge is 2.21. The smallest absolute Gasteiger partial charge is 0.193 e. The Morgan fingerprint density at radius 3 is 2.44 bits per heavy atom. The van der Waals surface area contributed by atoms with E-state index in [1.54, 1.807) is 19.2 Å². The van der Waals surface area contributed by atoms with E-state index in [-0.39, 0.29) is 11.6 Å². The molecule has 0 N–H and O–H groups in total. The van der Waals surface area contributed by atoms with Crippen LogP contribution in [0.5, 0.6) is 5.75 Å². The van der Waals surface area contributed by atoms with E-state index < -0.39 is 9.84 Å². The molecule has 25 heavy (non-hydrogen) atoms. The number of fused-ring (bicyclic) bond motifs is 1. The van der Waals surface area contributed by atoms with E-state index in [1.807, 2.05) is 36.4 Å². The maximum atomic E-state index is 12.3. The molecule has 5 nitrogen and oxygen atoms in total. The van der Waals surface area contributed by atoms with Gasteiger partial charge in [-0.05, 0) is 35.9 Å². The van der Waals surface area contributed by atoms with Crippen molar-refractivity contribution in [3.63, 3.8) is 0 Å². The summed E-state index contributed by atoms with van der Waals surface area (Å²) in [5.41, 5.74) is 2.35. The van der Waals surface area contributed by atoms with Gasteiger partial charge in [0.15, 0.2) is 14.9 Å². The van der Waals surface area contributed by atoms with Gasteiger partial charge in [0.25, 0.3) is 0 Å². The van der Waals surface area contributed by atoms with Gasteiger partial charge in [-0.2, -0.15) is 0 Å². The lowest BCUT2D eigenvalue weighted by Crippen LogP contribution is -2.06. The Bertz CT molecular complexity index is 1050. The van der Waals surface area contributed by atoms with Gasteiger partial charge in [0.1, 0.15) is 5.75 Å². The number of methoxy groups -OCH3 is 1. The quantitative estimate of drug-likeness (QED) is 0.658. The summed E-state index contributed by atoms with van der Waals surface area (Å²) in [5, 5.41) is 1.37. The number of sulfone groups is 1. The molecule has 0 spiro atoms. The highest BCUT2D eigenvalue weighted by molar-refractivity contribution is 7.90. The van der Waals surface area contributed by atoms with Gasteiger partial charge >= 0.3 is 0 Å².